The fourth-order valence-electron chi connectivity index (χ4n) is 2.89. The molecule has 3 aromatic rings. The van der Waals surface area contributed by atoms with Crippen LogP contribution in [0.3, 0.4) is 0 Å². The van der Waals surface area contributed by atoms with Crippen LogP contribution in [0.15, 0.2) is 52.9 Å². The van der Waals surface area contributed by atoms with Crippen LogP contribution < -0.4 is 5.48 Å². The van der Waals surface area contributed by atoms with Crippen LogP contribution in [0, 0.1) is 0 Å². The standard InChI is InChI=1S/C20H21NO5/c22-16-9-10-18-15(11-16)12-19(26-18)14-7-5-13(6-8-14)17(23)3-1-2-4-20(24)21-25/h5-12,17,22-23,25H,1-4H2,(H,21,24). The predicted octanol–water partition coefficient (Wildman–Crippen LogP) is 3.90. The molecule has 0 radical (unpaired) electrons. The van der Waals surface area contributed by atoms with Crippen LogP contribution in [0.1, 0.15) is 37.4 Å². The maximum Gasteiger partial charge on any atom is 0.243 e. The average Bonchev–Trinajstić information content (AvgIpc) is 3.08. The highest BCUT2D eigenvalue weighted by atomic mass is 16.5. The van der Waals surface area contributed by atoms with Crippen LogP contribution in [-0.2, 0) is 4.79 Å². The number of rotatable bonds is 7. The molecule has 0 saturated heterocycles. The van der Waals surface area contributed by atoms with Gasteiger partial charge in [0.05, 0.1) is 6.10 Å². The average molecular weight is 355 g/mol. The molecule has 0 spiro atoms. The number of aliphatic hydroxyl groups excluding tert-OH is 1. The summed E-state index contributed by atoms with van der Waals surface area (Å²) >= 11 is 0. The second kappa shape index (κ2) is 8.03. The van der Waals surface area contributed by atoms with Gasteiger partial charge in [-0.3, -0.25) is 10.0 Å². The van der Waals surface area contributed by atoms with Crippen molar-refractivity contribution < 1.29 is 24.6 Å². The van der Waals surface area contributed by atoms with Crippen molar-refractivity contribution in [2.75, 3.05) is 0 Å². The lowest BCUT2D eigenvalue weighted by Crippen LogP contribution is -2.17. The summed E-state index contributed by atoms with van der Waals surface area (Å²) in [5, 5.41) is 29.0. The SMILES string of the molecule is O=C(CCCCC(O)c1ccc(-c2cc3cc(O)ccc3o2)cc1)NO. The number of unbranched alkanes of at least 4 members (excludes halogenated alkanes) is 1. The Morgan fingerprint density at radius 3 is 2.58 bits per heavy atom. The van der Waals surface area contributed by atoms with Crippen molar-refractivity contribution in [3.05, 3.63) is 54.1 Å². The molecule has 0 bridgehead atoms. The molecule has 136 valence electrons. The van der Waals surface area contributed by atoms with E-state index in [9.17, 15) is 15.0 Å². The first-order valence-electron chi connectivity index (χ1n) is 8.51. The molecule has 1 atom stereocenters. The van der Waals surface area contributed by atoms with Crippen molar-refractivity contribution in [1.29, 1.82) is 0 Å². The van der Waals surface area contributed by atoms with Crippen LogP contribution in [0.5, 0.6) is 5.75 Å². The van der Waals surface area contributed by atoms with Crippen molar-refractivity contribution in [3.63, 3.8) is 0 Å². The van der Waals surface area contributed by atoms with Gasteiger partial charge in [-0.15, -0.1) is 0 Å². The number of carbonyl (C=O) groups is 1. The molecule has 1 unspecified atom stereocenters. The van der Waals surface area contributed by atoms with E-state index >= 15 is 0 Å². The minimum atomic E-state index is -0.603. The molecule has 1 aromatic heterocycles. The van der Waals surface area contributed by atoms with Crippen molar-refractivity contribution in [1.82, 2.24) is 5.48 Å². The van der Waals surface area contributed by atoms with E-state index in [1.54, 1.807) is 23.7 Å². The Bertz CT molecular complexity index is 885. The molecule has 0 aliphatic carbocycles. The van der Waals surface area contributed by atoms with Gasteiger partial charge in [0.2, 0.25) is 5.91 Å². The maximum absolute atomic E-state index is 10.9. The quantitative estimate of drug-likeness (QED) is 0.292. The Morgan fingerprint density at radius 2 is 1.85 bits per heavy atom. The molecule has 0 fully saturated rings. The van der Waals surface area contributed by atoms with E-state index in [0.29, 0.717) is 30.6 Å². The fourth-order valence-corrected chi connectivity index (χ4v) is 2.89. The number of phenolic OH excluding ortho intramolecular Hbond substituents is 1. The molecule has 4 N–H and O–H groups in total. The summed E-state index contributed by atoms with van der Waals surface area (Å²) in [7, 11) is 0. The zero-order valence-corrected chi connectivity index (χ0v) is 14.2. The van der Waals surface area contributed by atoms with Crippen molar-refractivity contribution in [2.45, 2.75) is 31.8 Å². The summed E-state index contributed by atoms with van der Waals surface area (Å²) in [6, 6.07) is 14.3. The molecule has 0 saturated carbocycles. The van der Waals surface area contributed by atoms with Gasteiger partial charge in [-0.05, 0) is 42.7 Å². The van der Waals surface area contributed by atoms with E-state index in [0.717, 1.165) is 16.5 Å². The third-order valence-electron chi connectivity index (χ3n) is 4.34. The lowest BCUT2D eigenvalue weighted by Gasteiger charge is -2.11. The van der Waals surface area contributed by atoms with Gasteiger partial charge in [0.25, 0.3) is 0 Å². The summed E-state index contributed by atoms with van der Waals surface area (Å²) < 4.78 is 5.79. The Hall–Kier alpha value is -2.83. The van der Waals surface area contributed by atoms with E-state index in [2.05, 4.69) is 0 Å². The minimum Gasteiger partial charge on any atom is -0.508 e. The Balaban J connectivity index is 1.62. The zero-order chi connectivity index (χ0) is 18.5. The van der Waals surface area contributed by atoms with Crippen molar-refractivity contribution >= 4 is 16.9 Å². The molecule has 6 heteroatoms. The molecular formula is C20H21NO5. The zero-order valence-electron chi connectivity index (χ0n) is 14.2. The molecule has 6 nitrogen and oxygen atoms in total. The molecule has 26 heavy (non-hydrogen) atoms. The van der Waals surface area contributed by atoms with Crippen LogP contribution in [0.4, 0.5) is 0 Å². The van der Waals surface area contributed by atoms with Gasteiger partial charge in [0.1, 0.15) is 17.1 Å². The van der Waals surface area contributed by atoms with Crippen molar-refractivity contribution in [2.24, 2.45) is 0 Å². The van der Waals surface area contributed by atoms with Gasteiger partial charge < -0.3 is 14.6 Å². The lowest BCUT2D eigenvalue weighted by atomic mass is 10.0. The first-order chi connectivity index (χ1) is 12.6. The van der Waals surface area contributed by atoms with Gasteiger partial charge >= 0.3 is 0 Å². The molecular weight excluding hydrogens is 334 g/mol. The molecule has 0 aliphatic heterocycles. The number of hydrogen-bond donors (Lipinski definition) is 4. The van der Waals surface area contributed by atoms with E-state index in [4.69, 9.17) is 9.62 Å². The number of hydroxylamine groups is 1. The first-order valence-corrected chi connectivity index (χ1v) is 8.51. The van der Waals surface area contributed by atoms with E-state index in [-0.39, 0.29) is 12.2 Å². The number of hydrogen-bond acceptors (Lipinski definition) is 5. The smallest absolute Gasteiger partial charge is 0.243 e. The first kappa shape index (κ1) is 18.0. The Labute approximate surface area is 150 Å². The molecule has 2 aromatic carbocycles. The van der Waals surface area contributed by atoms with E-state index < -0.39 is 12.0 Å². The number of furan rings is 1. The van der Waals surface area contributed by atoms with Gasteiger partial charge in [0.15, 0.2) is 0 Å². The minimum absolute atomic E-state index is 0.194. The van der Waals surface area contributed by atoms with Crippen LogP contribution in [-0.4, -0.2) is 21.3 Å². The Kier molecular flexibility index (Phi) is 5.55. The number of nitrogens with one attached hydrogen (secondary N) is 1. The van der Waals surface area contributed by atoms with E-state index in [1.807, 2.05) is 30.3 Å². The van der Waals surface area contributed by atoms with Gasteiger partial charge in [-0.2, -0.15) is 0 Å². The number of fused-ring (bicyclic) bond motifs is 1. The number of benzene rings is 2. The van der Waals surface area contributed by atoms with Gasteiger partial charge in [0, 0.05) is 17.4 Å². The van der Waals surface area contributed by atoms with Crippen LogP contribution in [0.2, 0.25) is 0 Å². The van der Waals surface area contributed by atoms with Gasteiger partial charge in [-0.25, -0.2) is 5.48 Å². The second-order valence-electron chi connectivity index (χ2n) is 6.25. The topological polar surface area (TPSA) is 103 Å². The summed E-state index contributed by atoms with van der Waals surface area (Å²) in [6.07, 6.45) is 1.47. The highest BCUT2D eigenvalue weighted by Crippen LogP contribution is 2.31. The third kappa shape index (κ3) is 4.22. The summed E-state index contributed by atoms with van der Waals surface area (Å²) in [6.45, 7) is 0. The largest absolute Gasteiger partial charge is 0.508 e. The number of phenols is 1. The number of aliphatic hydroxyl groups is 1. The summed E-state index contributed by atoms with van der Waals surface area (Å²) in [4.78, 5) is 10.9. The summed E-state index contributed by atoms with van der Waals surface area (Å²) in [5.41, 5.74) is 3.98. The molecule has 1 amide bonds. The van der Waals surface area contributed by atoms with Gasteiger partial charge in [-0.1, -0.05) is 30.7 Å². The van der Waals surface area contributed by atoms with Crippen molar-refractivity contribution in [3.8, 4) is 17.1 Å². The normalized spacial score (nSPS) is 12.2. The number of amides is 1. The third-order valence-corrected chi connectivity index (χ3v) is 4.34. The maximum atomic E-state index is 10.9. The molecule has 1 heterocycles. The number of carbonyl (C=O) groups excluding carboxylic acids is 1. The van der Waals surface area contributed by atoms with E-state index in [1.165, 1.54) is 0 Å². The molecule has 0 aliphatic rings. The fraction of sp³-hybridized carbons (Fsp3) is 0.250. The predicted molar refractivity (Wildman–Crippen MR) is 96.7 cm³/mol. The lowest BCUT2D eigenvalue weighted by molar-refractivity contribution is -0.129. The highest BCUT2D eigenvalue weighted by molar-refractivity contribution is 5.84. The molecule has 3 rings (SSSR count). The van der Waals surface area contributed by atoms with Crippen LogP contribution >= 0.6 is 0 Å². The van der Waals surface area contributed by atoms with Crippen LogP contribution in [0.25, 0.3) is 22.3 Å². The second-order valence-corrected chi connectivity index (χ2v) is 6.25. The number of aromatic hydroxyl groups is 1. The highest BCUT2D eigenvalue weighted by Gasteiger charge is 2.11. The summed E-state index contributed by atoms with van der Waals surface area (Å²) in [5.74, 6) is 0.476. The Morgan fingerprint density at radius 1 is 1.08 bits per heavy atom. The monoisotopic (exact) mass is 355 g/mol.